The van der Waals surface area contributed by atoms with E-state index >= 15 is 0 Å². The fraction of sp³-hybridized carbons (Fsp3) is 0.545. The number of piperidine rings is 1. The van der Waals surface area contributed by atoms with E-state index in [2.05, 4.69) is 15.3 Å². The number of hydrogen-bond acceptors (Lipinski definition) is 5. The Hall–Kier alpha value is -1.85. The van der Waals surface area contributed by atoms with Gasteiger partial charge in [-0.05, 0) is 19.3 Å². The fourth-order valence-corrected chi connectivity index (χ4v) is 1.90. The van der Waals surface area contributed by atoms with Crippen LogP contribution in [0.1, 0.15) is 19.3 Å². The standard InChI is InChI=1S/C11H17N5O/c12-10-11(14-5-4-13-10)15-8-9(17)16-6-2-1-3-7-16/h4-5H,1-3,6-8H2,(H2,12,13)(H,14,15). The van der Waals surface area contributed by atoms with E-state index in [0.717, 1.165) is 25.9 Å². The number of rotatable bonds is 3. The lowest BCUT2D eigenvalue weighted by molar-refractivity contribution is -0.130. The molecule has 1 aliphatic heterocycles. The smallest absolute Gasteiger partial charge is 0.241 e. The highest BCUT2D eigenvalue weighted by Crippen LogP contribution is 2.11. The normalized spacial score (nSPS) is 15.6. The van der Waals surface area contributed by atoms with Gasteiger partial charge in [0.05, 0.1) is 6.54 Å². The molecule has 0 aromatic carbocycles. The molecule has 1 saturated heterocycles. The molecule has 1 aromatic heterocycles. The zero-order valence-electron chi connectivity index (χ0n) is 9.72. The third-order valence-electron chi connectivity index (χ3n) is 2.84. The maximum Gasteiger partial charge on any atom is 0.241 e. The highest BCUT2D eigenvalue weighted by atomic mass is 16.2. The van der Waals surface area contributed by atoms with Gasteiger partial charge in [-0.1, -0.05) is 0 Å². The largest absolute Gasteiger partial charge is 0.381 e. The molecule has 6 nitrogen and oxygen atoms in total. The molecular weight excluding hydrogens is 218 g/mol. The van der Waals surface area contributed by atoms with Crippen LogP contribution in [-0.4, -0.2) is 40.4 Å². The summed E-state index contributed by atoms with van der Waals surface area (Å²) in [7, 11) is 0. The van der Waals surface area contributed by atoms with Gasteiger partial charge in [0.25, 0.3) is 0 Å². The summed E-state index contributed by atoms with van der Waals surface area (Å²) in [6.07, 6.45) is 6.48. The SMILES string of the molecule is Nc1nccnc1NCC(=O)N1CCCCC1. The highest BCUT2D eigenvalue weighted by Gasteiger charge is 2.16. The zero-order valence-corrected chi connectivity index (χ0v) is 9.72. The van der Waals surface area contributed by atoms with Gasteiger partial charge in [0.2, 0.25) is 5.91 Å². The van der Waals surface area contributed by atoms with Crippen LogP contribution in [-0.2, 0) is 4.79 Å². The first-order valence-corrected chi connectivity index (χ1v) is 5.85. The molecule has 0 unspecified atom stereocenters. The van der Waals surface area contributed by atoms with Crippen LogP contribution in [0.15, 0.2) is 12.4 Å². The molecule has 0 saturated carbocycles. The van der Waals surface area contributed by atoms with Gasteiger partial charge < -0.3 is 16.0 Å². The number of nitrogens with two attached hydrogens (primary N) is 1. The van der Waals surface area contributed by atoms with E-state index in [1.807, 2.05) is 4.90 Å². The topological polar surface area (TPSA) is 84.1 Å². The first-order valence-electron chi connectivity index (χ1n) is 5.85. The van der Waals surface area contributed by atoms with E-state index < -0.39 is 0 Å². The van der Waals surface area contributed by atoms with Gasteiger partial charge in [0.1, 0.15) is 0 Å². The zero-order chi connectivity index (χ0) is 12.1. The minimum Gasteiger partial charge on any atom is -0.381 e. The van der Waals surface area contributed by atoms with Crippen molar-refractivity contribution in [2.75, 3.05) is 30.7 Å². The minimum atomic E-state index is 0.0924. The maximum atomic E-state index is 11.9. The predicted molar refractivity (Wildman–Crippen MR) is 65.4 cm³/mol. The summed E-state index contributed by atoms with van der Waals surface area (Å²) in [5.74, 6) is 0.881. The second kappa shape index (κ2) is 5.47. The van der Waals surface area contributed by atoms with Crippen molar-refractivity contribution in [3.05, 3.63) is 12.4 Å². The Kier molecular flexibility index (Phi) is 3.74. The third-order valence-corrected chi connectivity index (χ3v) is 2.84. The summed E-state index contributed by atoms with van der Waals surface area (Å²) in [6, 6.07) is 0. The summed E-state index contributed by atoms with van der Waals surface area (Å²) in [5.41, 5.74) is 5.62. The van der Waals surface area contributed by atoms with Gasteiger partial charge in [-0.25, -0.2) is 9.97 Å². The molecule has 1 amide bonds. The molecule has 0 atom stereocenters. The number of likely N-dealkylation sites (tertiary alicyclic amines) is 1. The second-order valence-corrected chi connectivity index (χ2v) is 4.09. The average Bonchev–Trinajstić information content (AvgIpc) is 2.38. The Morgan fingerprint density at radius 1 is 1.29 bits per heavy atom. The molecule has 1 fully saturated rings. The molecule has 2 rings (SSSR count). The Morgan fingerprint density at radius 3 is 2.71 bits per heavy atom. The number of carbonyl (C=O) groups is 1. The number of hydrogen-bond donors (Lipinski definition) is 2. The van der Waals surface area contributed by atoms with Crippen molar-refractivity contribution in [3.63, 3.8) is 0 Å². The summed E-state index contributed by atoms with van der Waals surface area (Å²) >= 11 is 0. The summed E-state index contributed by atoms with van der Waals surface area (Å²) in [4.78, 5) is 21.7. The van der Waals surface area contributed by atoms with E-state index in [9.17, 15) is 4.79 Å². The van der Waals surface area contributed by atoms with Crippen LogP contribution in [0.4, 0.5) is 11.6 Å². The minimum absolute atomic E-state index is 0.0924. The second-order valence-electron chi connectivity index (χ2n) is 4.09. The van der Waals surface area contributed by atoms with Crippen LogP contribution in [0.3, 0.4) is 0 Å². The van der Waals surface area contributed by atoms with Crippen molar-refractivity contribution in [1.82, 2.24) is 14.9 Å². The lowest BCUT2D eigenvalue weighted by Gasteiger charge is -2.26. The van der Waals surface area contributed by atoms with Crippen LogP contribution < -0.4 is 11.1 Å². The van der Waals surface area contributed by atoms with Crippen molar-refractivity contribution < 1.29 is 4.79 Å². The van der Waals surface area contributed by atoms with Crippen LogP contribution in [0.2, 0.25) is 0 Å². The third kappa shape index (κ3) is 3.05. The monoisotopic (exact) mass is 235 g/mol. The number of amides is 1. The number of nitrogens with zero attached hydrogens (tertiary/aromatic N) is 3. The molecule has 92 valence electrons. The molecule has 2 heterocycles. The van der Waals surface area contributed by atoms with E-state index in [1.165, 1.54) is 12.6 Å². The van der Waals surface area contributed by atoms with Crippen LogP contribution >= 0.6 is 0 Å². The molecule has 17 heavy (non-hydrogen) atoms. The number of nitrogens with one attached hydrogen (secondary N) is 1. The Bertz CT molecular complexity index is 389. The summed E-state index contributed by atoms with van der Waals surface area (Å²) < 4.78 is 0. The van der Waals surface area contributed by atoms with Crippen molar-refractivity contribution >= 4 is 17.5 Å². The number of aromatic nitrogens is 2. The Balaban J connectivity index is 1.85. The van der Waals surface area contributed by atoms with E-state index in [0.29, 0.717) is 11.6 Å². The van der Waals surface area contributed by atoms with Crippen molar-refractivity contribution in [2.24, 2.45) is 0 Å². The number of carbonyl (C=O) groups excluding carboxylic acids is 1. The summed E-state index contributed by atoms with van der Waals surface area (Å²) in [5, 5.41) is 2.92. The van der Waals surface area contributed by atoms with Gasteiger partial charge in [-0.3, -0.25) is 4.79 Å². The van der Waals surface area contributed by atoms with E-state index in [1.54, 1.807) is 6.20 Å². The number of anilines is 2. The van der Waals surface area contributed by atoms with Crippen molar-refractivity contribution in [3.8, 4) is 0 Å². The van der Waals surface area contributed by atoms with Crippen molar-refractivity contribution in [2.45, 2.75) is 19.3 Å². The van der Waals surface area contributed by atoms with E-state index in [4.69, 9.17) is 5.73 Å². The molecule has 3 N–H and O–H groups in total. The fourth-order valence-electron chi connectivity index (χ4n) is 1.90. The first kappa shape index (κ1) is 11.6. The van der Waals surface area contributed by atoms with Gasteiger partial charge in [-0.15, -0.1) is 0 Å². The molecule has 0 spiro atoms. The van der Waals surface area contributed by atoms with Crippen LogP contribution in [0, 0.1) is 0 Å². The lowest BCUT2D eigenvalue weighted by atomic mass is 10.1. The van der Waals surface area contributed by atoms with Gasteiger partial charge >= 0.3 is 0 Å². The van der Waals surface area contributed by atoms with Crippen LogP contribution in [0.25, 0.3) is 0 Å². The molecule has 0 bridgehead atoms. The Morgan fingerprint density at radius 2 is 2.00 bits per heavy atom. The van der Waals surface area contributed by atoms with Crippen LogP contribution in [0.5, 0.6) is 0 Å². The molecular formula is C11H17N5O. The molecule has 1 aromatic rings. The quantitative estimate of drug-likeness (QED) is 0.796. The summed E-state index contributed by atoms with van der Waals surface area (Å²) in [6.45, 7) is 1.94. The van der Waals surface area contributed by atoms with E-state index in [-0.39, 0.29) is 12.5 Å². The number of nitrogen functional groups attached to an aromatic ring is 1. The molecule has 0 aliphatic carbocycles. The molecule has 1 aliphatic rings. The first-order chi connectivity index (χ1) is 8.27. The molecule has 0 radical (unpaired) electrons. The highest BCUT2D eigenvalue weighted by molar-refractivity contribution is 5.81. The van der Waals surface area contributed by atoms with Crippen molar-refractivity contribution in [1.29, 1.82) is 0 Å². The van der Waals surface area contributed by atoms with Gasteiger partial charge in [0, 0.05) is 25.5 Å². The molecule has 6 heteroatoms. The predicted octanol–water partition coefficient (Wildman–Crippen LogP) is 0.483. The average molecular weight is 235 g/mol. The lowest BCUT2D eigenvalue weighted by Crippen LogP contribution is -2.39. The maximum absolute atomic E-state index is 11.9. The van der Waals surface area contributed by atoms with Gasteiger partial charge in [-0.2, -0.15) is 0 Å². The van der Waals surface area contributed by atoms with Gasteiger partial charge in [0.15, 0.2) is 11.6 Å². The Labute approximate surface area is 100 Å².